The van der Waals surface area contributed by atoms with Crippen molar-refractivity contribution in [1.29, 1.82) is 0 Å². The van der Waals surface area contributed by atoms with Crippen molar-refractivity contribution in [2.45, 2.75) is 121 Å². The summed E-state index contributed by atoms with van der Waals surface area (Å²) in [6.07, 6.45) is 24.5. The van der Waals surface area contributed by atoms with Crippen LogP contribution in [-0.2, 0) is 4.79 Å². The zero-order valence-electron chi connectivity index (χ0n) is 16.5. The van der Waals surface area contributed by atoms with E-state index in [1.165, 1.54) is 83.5 Å². The Labute approximate surface area is 161 Å². The molecule has 1 unspecified atom stereocenters. The SMILES string of the molecule is CCCCCCCC/C=C/C(Cl)CCCCCCCCCCC(=O)O. The first-order chi connectivity index (χ1) is 12.2. The number of unbranched alkanes of at least 4 members (excludes halogenated alkanes) is 13. The Morgan fingerprint density at radius 3 is 1.96 bits per heavy atom. The van der Waals surface area contributed by atoms with Gasteiger partial charge in [0, 0.05) is 6.42 Å². The minimum absolute atomic E-state index is 0.205. The molecule has 0 radical (unpaired) electrons. The first-order valence-electron chi connectivity index (χ1n) is 10.7. The van der Waals surface area contributed by atoms with Crippen molar-refractivity contribution in [2.75, 3.05) is 0 Å². The molecule has 0 aromatic carbocycles. The molecule has 148 valence electrons. The molecule has 3 heteroatoms. The van der Waals surface area contributed by atoms with E-state index in [9.17, 15) is 4.79 Å². The number of carbonyl (C=O) groups is 1. The van der Waals surface area contributed by atoms with Crippen molar-refractivity contribution >= 4 is 17.6 Å². The largest absolute Gasteiger partial charge is 0.481 e. The Morgan fingerprint density at radius 1 is 0.840 bits per heavy atom. The minimum atomic E-state index is -0.670. The maximum atomic E-state index is 10.4. The van der Waals surface area contributed by atoms with Gasteiger partial charge in [0.05, 0.1) is 5.38 Å². The van der Waals surface area contributed by atoms with Crippen molar-refractivity contribution in [3.05, 3.63) is 12.2 Å². The zero-order valence-corrected chi connectivity index (χ0v) is 17.2. The number of allylic oxidation sites excluding steroid dienone is 2. The molecular weight excluding hydrogens is 332 g/mol. The van der Waals surface area contributed by atoms with Crippen LogP contribution in [0, 0.1) is 0 Å². The van der Waals surface area contributed by atoms with Gasteiger partial charge in [-0.1, -0.05) is 96.1 Å². The fourth-order valence-electron chi connectivity index (χ4n) is 3.06. The monoisotopic (exact) mass is 372 g/mol. The molecule has 0 saturated carbocycles. The molecule has 0 amide bonds. The van der Waals surface area contributed by atoms with Gasteiger partial charge >= 0.3 is 5.97 Å². The Kier molecular flexibility index (Phi) is 19.4. The van der Waals surface area contributed by atoms with Crippen molar-refractivity contribution in [1.82, 2.24) is 0 Å². The average molecular weight is 373 g/mol. The molecule has 0 aromatic rings. The van der Waals surface area contributed by atoms with Crippen LogP contribution >= 0.6 is 11.6 Å². The maximum absolute atomic E-state index is 10.4. The molecule has 0 rings (SSSR count). The molecule has 0 bridgehead atoms. The van der Waals surface area contributed by atoms with Crippen LogP contribution in [-0.4, -0.2) is 16.5 Å². The highest BCUT2D eigenvalue weighted by atomic mass is 35.5. The molecular formula is C22H41ClO2. The van der Waals surface area contributed by atoms with Crippen LogP contribution in [0.5, 0.6) is 0 Å². The molecule has 1 atom stereocenters. The summed E-state index contributed by atoms with van der Waals surface area (Å²) in [5, 5.41) is 8.77. The molecule has 0 aliphatic rings. The number of carboxylic acid groups (broad SMARTS) is 1. The third kappa shape index (κ3) is 21.5. The number of hydrogen-bond acceptors (Lipinski definition) is 1. The van der Waals surface area contributed by atoms with Crippen molar-refractivity contribution in [3.63, 3.8) is 0 Å². The third-order valence-corrected chi connectivity index (χ3v) is 5.05. The van der Waals surface area contributed by atoms with Gasteiger partial charge in [0.25, 0.3) is 0 Å². The van der Waals surface area contributed by atoms with Gasteiger partial charge in [-0.3, -0.25) is 4.79 Å². The Bertz CT molecular complexity index is 315. The van der Waals surface area contributed by atoms with E-state index in [1.807, 2.05) is 0 Å². The average Bonchev–Trinajstić information content (AvgIpc) is 2.58. The molecule has 0 saturated heterocycles. The summed E-state index contributed by atoms with van der Waals surface area (Å²) >= 11 is 6.35. The molecule has 1 N–H and O–H groups in total. The Balaban J connectivity index is 3.25. The van der Waals surface area contributed by atoms with E-state index in [2.05, 4.69) is 19.1 Å². The minimum Gasteiger partial charge on any atom is -0.481 e. The third-order valence-electron chi connectivity index (χ3n) is 4.69. The molecule has 2 nitrogen and oxygen atoms in total. The van der Waals surface area contributed by atoms with E-state index < -0.39 is 5.97 Å². The molecule has 25 heavy (non-hydrogen) atoms. The van der Waals surface area contributed by atoms with Crippen LogP contribution in [0.3, 0.4) is 0 Å². The normalized spacial score (nSPS) is 12.7. The van der Waals surface area contributed by atoms with Crippen LogP contribution in [0.15, 0.2) is 12.2 Å². The number of carboxylic acids is 1. The van der Waals surface area contributed by atoms with Crippen LogP contribution in [0.25, 0.3) is 0 Å². The van der Waals surface area contributed by atoms with Gasteiger partial charge in [0.2, 0.25) is 0 Å². The van der Waals surface area contributed by atoms with E-state index in [0.29, 0.717) is 6.42 Å². The van der Waals surface area contributed by atoms with Crippen molar-refractivity contribution < 1.29 is 9.90 Å². The topological polar surface area (TPSA) is 37.3 Å². The highest BCUT2D eigenvalue weighted by molar-refractivity contribution is 6.21. The number of aliphatic carboxylic acids is 1. The molecule has 0 spiro atoms. The van der Waals surface area contributed by atoms with E-state index in [0.717, 1.165) is 19.3 Å². The number of halogens is 1. The predicted molar refractivity (Wildman–Crippen MR) is 111 cm³/mol. The Morgan fingerprint density at radius 2 is 1.36 bits per heavy atom. The van der Waals surface area contributed by atoms with Gasteiger partial charge in [0.15, 0.2) is 0 Å². The summed E-state index contributed by atoms with van der Waals surface area (Å²) in [6.45, 7) is 2.26. The van der Waals surface area contributed by atoms with Gasteiger partial charge in [-0.15, -0.1) is 11.6 Å². The van der Waals surface area contributed by atoms with E-state index >= 15 is 0 Å². The van der Waals surface area contributed by atoms with Crippen LogP contribution in [0.1, 0.15) is 116 Å². The summed E-state index contributed by atoms with van der Waals surface area (Å²) in [5.74, 6) is -0.670. The van der Waals surface area contributed by atoms with E-state index in [-0.39, 0.29) is 5.38 Å². The summed E-state index contributed by atoms with van der Waals surface area (Å²) in [7, 11) is 0. The molecule has 0 fully saturated rings. The quantitative estimate of drug-likeness (QED) is 0.142. The van der Waals surface area contributed by atoms with Crippen LogP contribution < -0.4 is 0 Å². The second kappa shape index (κ2) is 19.8. The van der Waals surface area contributed by atoms with Crippen LogP contribution in [0.2, 0.25) is 0 Å². The molecule has 0 aromatic heterocycles. The van der Waals surface area contributed by atoms with Gasteiger partial charge in [-0.05, 0) is 25.7 Å². The summed E-state index contributed by atoms with van der Waals surface area (Å²) in [6, 6.07) is 0. The molecule has 0 aliphatic heterocycles. The summed E-state index contributed by atoms with van der Waals surface area (Å²) in [5.41, 5.74) is 0. The lowest BCUT2D eigenvalue weighted by Crippen LogP contribution is -1.94. The smallest absolute Gasteiger partial charge is 0.303 e. The fraction of sp³-hybridized carbons (Fsp3) is 0.864. The maximum Gasteiger partial charge on any atom is 0.303 e. The second-order valence-corrected chi connectivity index (χ2v) is 7.82. The van der Waals surface area contributed by atoms with Crippen molar-refractivity contribution in [2.24, 2.45) is 0 Å². The highest BCUT2D eigenvalue weighted by Gasteiger charge is 2.00. The van der Waals surface area contributed by atoms with Gasteiger partial charge in [0.1, 0.15) is 0 Å². The van der Waals surface area contributed by atoms with E-state index in [4.69, 9.17) is 16.7 Å². The molecule has 0 aliphatic carbocycles. The van der Waals surface area contributed by atoms with Gasteiger partial charge in [-0.2, -0.15) is 0 Å². The number of hydrogen-bond donors (Lipinski definition) is 1. The number of alkyl halides is 1. The lowest BCUT2D eigenvalue weighted by atomic mass is 10.1. The van der Waals surface area contributed by atoms with Crippen LogP contribution in [0.4, 0.5) is 0 Å². The standard InChI is InChI=1S/C22H41ClO2/c1-2-3-4-5-6-9-12-15-18-21(23)19-16-13-10-7-8-11-14-17-20-22(24)25/h15,18,21H,2-14,16-17,19-20H2,1H3,(H,24,25)/b18-15+. The van der Waals surface area contributed by atoms with Gasteiger partial charge < -0.3 is 5.11 Å². The zero-order chi connectivity index (χ0) is 18.6. The highest BCUT2D eigenvalue weighted by Crippen LogP contribution is 2.15. The first-order valence-corrected chi connectivity index (χ1v) is 11.1. The lowest BCUT2D eigenvalue weighted by molar-refractivity contribution is -0.137. The number of rotatable bonds is 19. The van der Waals surface area contributed by atoms with Gasteiger partial charge in [-0.25, -0.2) is 0 Å². The lowest BCUT2D eigenvalue weighted by Gasteiger charge is -2.05. The Hall–Kier alpha value is -0.500. The summed E-state index contributed by atoms with van der Waals surface area (Å²) in [4.78, 5) is 10.4. The fourth-order valence-corrected chi connectivity index (χ4v) is 3.32. The first kappa shape index (κ1) is 24.5. The molecule has 0 heterocycles. The van der Waals surface area contributed by atoms with E-state index in [1.54, 1.807) is 0 Å². The predicted octanol–water partition coefficient (Wildman–Crippen LogP) is 7.89. The van der Waals surface area contributed by atoms with Crippen molar-refractivity contribution in [3.8, 4) is 0 Å². The summed E-state index contributed by atoms with van der Waals surface area (Å²) < 4.78 is 0. The second-order valence-electron chi connectivity index (χ2n) is 7.26.